The number of amides is 1. The molecule has 29 heavy (non-hydrogen) atoms. The number of ether oxygens (including phenoxy) is 2. The molecule has 6 nitrogen and oxygen atoms in total. The van der Waals surface area contributed by atoms with E-state index in [4.69, 9.17) is 9.47 Å². The lowest BCUT2D eigenvalue weighted by Gasteiger charge is -2.17. The Morgan fingerprint density at radius 2 is 1.79 bits per heavy atom. The Morgan fingerprint density at radius 1 is 1.07 bits per heavy atom. The molecule has 1 aliphatic rings. The van der Waals surface area contributed by atoms with Crippen LogP contribution in [0.4, 0.5) is 0 Å². The van der Waals surface area contributed by atoms with Crippen LogP contribution < -0.4 is 14.8 Å². The van der Waals surface area contributed by atoms with Gasteiger partial charge >= 0.3 is 0 Å². The molecule has 0 radical (unpaired) electrons. The summed E-state index contributed by atoms with van der Waals surface area (Å²) in [6, 6.07) is 13.7. The monoisotopic (exact) mass is 391 g/mol. The van der Waals surface area contributed by atoms with Gasteiger partial charge in [0.2, 0.25) is 6.79 Å². The number of nitrogens with zero attached hydrogens (tertiary/aromatic N) is 2. The average molecular weight is 391 g/mol. The molecule has 1 unspecified atom stereocenters. The maximum Gasteiger partial charge on any atom is 0.255 e. The number of aryl methyl sites for hydroxylation is 1. The molecule has 2 aromatic carbocycles. The Balaban J connectivity index is 1.59. The van der Waals surface area contributed by atoms with Crippen LogP contribution in [0.25, 0.3) is 5.69 Å². The van der Waals surface area contributed by atoms with Crippen molar-refractivity contribution in [3.63, 3.8) is 0 Å². The van der Waals surface area contributed by atoms with Crippen LogP contribution in [-0.2, 0) is 0 Å². The molecule has 2 heterocycles. The highest BCUT2D eigenvalue weighted by Crippen LogP contribution is 2.34. The van der Waals surface area contributed by atoms with Gasteiger partial charge in [-0.2, -0.15) is 5.10 Å². The lowest BCUT2D eigenvalue weighted by molar-refractivity contribution is 0.0938. The fraction of sp³-hybridized carbons (Fsp3) is 0.304. The van der Waals surface area contributed by atoms with Crippen LogP contribution in [0.15, 0.2) is 48.7 Å². The van der Waals surface area contributed by atoms with Crippen molar-refractivity contribution >= 4 is 5.91 Å². The van der Waals surface area contributed by atoms with E-state index in [0.717, 1.165) is 22.7 Å². The normalized spacial score (nSPS) is 13.6. The number of carbonyl (C=O) groups excluding carboxylic acids is 1. The van der Waals surface area contributed by atoms with Crippen LogP contribution in [-0.4, -0.2) is 22.5 Å². The number of benzene rings is 2. The van der Waals surface area contributed by atoms with Gasteiger partial charge in [-0.1, -0.05) is 37.6 Å². The predicted octanol–water partition coefficient (Wildman–Crippen LogP) is 4.52. The van der Waals surface area contributed by atoms with Crippen LogP contribution in [0.3, 0.4) is 0 Å². The molecule has 0 bridgehead atoms. The summed E-state index contributed by atoms with van der Waals surface area (Å²) in [5.74, 6) is 1.44. The maximum atomic E-state index is 13.1. The summed E-state index contributed by atoms with van der Waals surface area (Å²) in [4.78, 5) is 13.1. The van der Waals surface area contributed by atoms with Gasteiger partial charge in [-0.05, 0) is 49.6 Å². The zero-order valence-corrected chi connectivity index (χ0v) is 17.1. The van der Waals surface area contributed by atoms with Gasteiger partial charge in [-0.3, -0.25) is 4.79 Å². The number of hydrogen-bond acceptors (Lipinski definition) is 4. The summed E-state index contributed by atoms with van der Waals surface area (Å²) in [5.41, 5.74) is 4.57. The van der Waals surface area contributed by atoms with E-state index in [0.29, 0.717) is 11.3 Å². The minimum Gasteiger partial charge on any atom is -0.454 e. The fourth-order valence-electron chi connectivity index (χ4n) is 3.52. The minimum atomic E-state index is -0.181. The highest BCUT2D eigenvalue weighted by molar-refractivity contribution is 5.95. The third-order valence-electron chi connectivity index (χ3n) is 5.12. The SMILES string of the molecule is Cc1ccc(-n2ncc(C(=O)NC(C)c3ccc4c(c3)OCO4)c2C(C)C)cc1. The molecule has 6 heteroatoms. The van der Waals surface area contributed by atoms with E-state index in [1.165, 1.54) is 5.56 Å². The number of rotatable bonds is 5. The molecular formula is C23H25N3O3. The van der Waals surface area contributed by atoms with Crippen LogP contribution in [0.5, 0.6) is 11.5 Å². The smallest absolute Gasteiger partial charge is 0.255 e. The van der Waals surface area contributed by atoms with E-state index in [9.17, 15) is 4.79 Å². The van der Waals surface area contributed by atoms with Gasteiger partial charge in [-0.15, -0.1) is 0 Å². The summed E-state index contributed by atoms with van der Waals surface area (Å²) < 4.78 is 12.7. The van der Waals surface area contributed by atoms with E-state index in [-0.39, 0.29) is 24.7 Å². The van der Waals surface area contributed by atoms with Crippen LogP contribution in [0.1, 0.15) is 59.9 Å². The zero-order valence-electron chi connectivity index (χ0n) is 17.1. The average Bonchev–Trinajstić information content (AvgIpc) is 3.35. The predicted molar refractivity (Wildman–Crippen MR) is 111 cm³/mol. The topological polar surface area (TPSA) is 65.4 Å². The molecule has 3 aromatic rings. The minimum absolute atomic E-state index is 0.139. The Kier molecular flexibility index (Phi) is 5.01. The van der Waals surface area contributed by atoms with Gasteiger partial charge in [-0.25, -0.2) is 4.68 Å². The summed E-state index contributed by atoms with van der Waals surface area (Å²) in [6.07, 6.45) is 1.65. The summed E-state index contributed by atoms with van der Waals surface area (Å²) in [5, 5.41) is 7.59. The molecule has 0 aliphatic carbocycles. The van der Waals surface area contributed by atoms with E-state index in [2.05, 4.69) is 24.3 Å². The van der Waals surface area contributed by atoms with Gasteiger partial charge < -0.3 is 14.8 Å². The first-order valence-electron chi connectivity index (χ1n) is 9.79. The molecule has 4 rings (SSSR count). The second-order valence-electron chi connectivity index (χ2n) is 7.65. The molecule has 0 spiro atoms. The Labute approximate surface area is 170 Å². The van der Waals surface area contributed by atoms with E-state index in [1.807, 2.05) is 61.0 Å². The highest BCUT2D eigenvalue weighted by Gasteiger charge is 2.23. The van der Waals surface area contributed by atoms with Gasteiger partial charge in [0.25, 0.3) is 5.91 Å². The standard InChI is InChI=1S/C23H25N3O3/c1-14(2)22-19(12-24-26(22)18-8-5-15(3)6-9-18)23(27)25-16(4)17-7-10-20-21(11-17)29-13-28-20/h5-12,14,16H,13H2,1-4H3,(H,25,27). The first kappa shape index (κ1) is 19.1. The largest absolute Gasteiger partial charge is 0.454 e. The molecule has 0 saturated heterocycles. The number of carbonyl (C=O) groups is 1. The second-order valence-corrected chi connectivity index (χ2v) is 7.65. The zero-order chi connectivity index (χ0) is 20.5. The van der Waals surface area contributed by atoms with Gasteiger partial charge in [0.1, 0.15) is 0 Å². The van der Waals surface area contributed by atoms with E-state index < -0.39 is 0 Å². The Hall–Kier alpha value is -3.28. The Morgan fingerprint density at radius 3 is 2.52 bits per heavy atom. The molecule has 1 N–H and O–H groups in total. The molecule has 1 aliphatic heterocycles. The summed E-state index contributed by atoms with van der Waals surface area (Å²) in [7, 11) is 0. The fourth-order valence-corrected chi connectivity index (χ4v) is 3.52. The van der Waals surface area contributed by atoms with Crippen molar-refractivity contribution in [3.05, 3.63) is 71.0 Å². The van der Waals surface area contributed by atoms with E-state index in [1.54, 1.807) is 6.20 Å². The third-order valence-corrected chi connectivity index (χ3v) is 5.12. The first-order valence-corrected chi connectivity index (χ1v) is 9.79. The maximum absolute atomic E-state index is 13.1. The third kappa shape index (κ3) is 3.70. The van der Waals surface area contributed by atoms with Crippen molar-refractivity contribution in [1.82, 2.24) is 15.1 Å². The van der Waals surface area contributed by atoms with Gasteiger partial charge in [0.15, 0.2) is 11.5 Å². The van der Waals surface area contributed by atoms with Crippen molar-refractivity contribution < 1.29 is 14.3 Å². The van der Waals surface area contributed by atoms with Crippen molar-refractivity contribution in [2.75, 3.05) is 6.79 Å². The quantitative estimate of drug-likeness (QED) is 0.694. The van der Waals surface area contributed by atoms with Gasteiger partial charge in [0, 0.05) is 0 Å². The molecule has 0 fully saturated rings. The van der Waals surface area contributed by atoms with Crippen LogP contribution >= 0.6 is 0 Å². The summed E-state index contributed by atoms with van der Waals surface area (Å²) in [6.45, 7) is 8.37. The Bertz CT molecular complexity index is 1040. The molecule has 1 atom stereocenters. The van der Waals surface area contributed by atoms with Crippen LogP contribution in [0.2, 0.25) is 0 Å². The second kappa shape index (κ2) is 7.62. The lowest BCUT2D eigenvalue weighted by atomic mass is 10.0. The first-order chi connectivity index (χ1) is 13.9. The molecule has 1 amide bonds. The summed E-state index contributed by atoms with van der Waals surface area (Å²) >= 11 is 0. The van der Waals surface area contributed by atoms with Crippen molar-refractivity contribution in [2.24, 2.45) is 0 Å². The number of nitrogens with one attached hydrogen (secondary N) is 1. The highest BCUT2D eigenvalue weighted by atomic mass is 16.7. The van der Waals surface area contributed by atoms with E-state index >= 15 is 0 Å². The molecule has 1 aromatic heterocycles. The molecular weight excluding hydrogens is 366 g/mol. The molecule has 0 saturated carbocycles. The van der Waals surface area contributed by atoms with Crippen LogP contribution in [0, 0.1) is 6.92 Å². The number of aromatic nitrogens is 2. The van der Waals surface area contributed by atoms with Gasteiger partial charge in [0.05, 0.1) is 29.2 Å². The van der Waals surface area contributed by atoms with Crippen molar-refractivity contribution in [1.29, 1.82) is 0 Å². The van der Waals surface area contributed by atoms with Crippen molar-refractivity contribution in [2.45, 2.75) is 39.7 Å². The molecule has 150 valence electrons. The number of fused-ring (bicyclic) bond motifs is 1. The number of hydrogen-bond donors (Lipinski definition) is 1. The lowest BCUT2D eigenvalue weighted by Crippen LogP contribution is -2.27. The van der Waals surface area contributed by atoms with Crippen molar-refractivity contribution in [3.8, 4) is 17.2 Å².